The van der Waals surface area contributed by atoms with Crippen LogP contribution in [0.15, 0.2) is 28.8 Å². The van der Waals surface area contributed by atoms with Crippen molar-refractivity contribution in [2.45, 2.75) is 31.8 Å². The van der Waals surface area contributed by atoms with E-state index < -0.39 is 5.60 Å². The van der Waals surface area contributed by atoms with Crippen molar-refractivity contribution in [3.8, 4) is 11.3 Å². The van der Waals surface area contributed by atoms with Gasteiger partial charge in [-0.2, -0.15) is 0 Å². The van der Waals surface area contributed by atoms with E-state index in [1.54, 1.807) is 17.9 Å². The maximum absolute atomic E-state index is 13.3. The molecule has 1 spiro atoms. The summed E-state index contributed by atoms with van der Waals surface area (Å²) < 4.78 is 10.8. The maximum Gasteiger partial charge on any atom is 0.407 e. The smallest absolute Gasteiger partial charge is 0.407 e. The summed E-state index contributed by atoms with van der Waals surface area (Å²) in [5, 5.41) is 7.31. The number of nitrogens with zero attached hydrogens (tertiary/aromatic N) is 2. The number of carbonyl (C=O) groups is 2. The summed E-state index contributed by atoms with van der Waals surface area (Å²) in [5.74, 6) is 0.320. The Kier molecular flexibility index (Phi) is 4.55. The quantitative estimate of drug-likeness (QED) is 0.850. The van der Waals surface area contributed by atoms with Crippen LogP contribution in [-0.2, 0) is 4.74 Å². The van der Waals surface area contributed by atoms with Crippen molar-refractivity contribution in [1.82, 2.24) is 15.4 Å². The summed E-state index contributed by atoms with van der Waals surface area (Å²) in [6.45, 7) is 3.30. The number of halogens is 1. The van der Waals surface area contributed by atoms with Crippen LogP contribution in [0.2, 0.25) is 5.02 Å². The Bertz CT molecular complexity index is 897. The summed E-state index contributed by atoms with van der Waals surface area (Å²) >= 11 is 6.29. The van der Waals surface area contributed by atoms with Crippen LogP contribution in [0.5, 0.6) is 0 Å². The Labute approximate surface area is 161 Å². The number of aryl methyl sites for hydroxylation is 1. The standard InChI is InChI=1S/C19H20ClN3O4/c1-12-15(16(22-27-12)13-5-2-3-6-14(13)20)17(24)23-9-4-7-19(8-10-23)11-21-18(25)26-19/h2-3,5-6H,4,7-11H2,1H3,(H,21,25)/t19-/m0/s1. The van der Waals surface area contributed by atoms with E-state index in [4.69, 9.17) is 20.9 Å². The van der Waals surface area contributed by atoms with Crippen molar-refractivity contribution in [2.24, 2.45) is 0 Å². The highest BCUT2D eigenvalue weighted by Gasteiger charge is 2.42. The molecule has 142 valence electrons. The van der Waals surface area contributed by atoms with Crippen molar-refractivity contribution < 1.29 is 18.8 Å². The lowest BCUT2D eigenvalue weighted by Gasteiger charge is -2.25. The van der Waals surface area contributed by atoms with Gasteiger partial charge in [0.1, 0.15) is 22.6 Å². The van der Waals surface area contributed by atoms with Crippen LogP contribution in [0.3, 0.4) is 0 Å². The third-order valence-corrected chi connectivity index (χ3v) is 5.58. The minimum Gasteiger partial charge on any atom is -0.441 e. The van der Waals surface area contributed by atoms with E-state index in [0.29, 0.717) is 53.7 Å². The maximum atomic E-state index is 13.3. The van der Waals surface area contributed by atoms with Crippen LogP contribution in [0, 0.1) is 6.92 Å². The molecule has 0 bridgehead atoms. The average molecular weight is 390 g/mol. The van der Waals surface area contributed by atoms with Gasteiger partial charge in [0.15, 0.2) is 0 Å². The summed E-state index contributed by atoms with van der Waals surface area (Å²) in [5.41, 5.74) is 1.04. The van der Waals surface area contributed by atoms with Crippen molar-refractivity contribution in [3.63, 3.8) is 0 Å². The molecule has 1 atom stereocenters. The highest BCUT2D eigenvalue weighted by Crippen LogP contribution is 2.34. The predicted octanol–water partition coefficient (Wildman–Crippen LogP) is 3.41. The van der Waals surface area contributed by atoms with Gasteiger partial charge in [-0.15, -0.1) is 0 Å². The third kappa shape index (κ3) is 3.27. The van der Waals surface area contributed by atoms with Gasteiger partial charge in [-0.1, -0.05) is 35.0 Å². The van der Waals surface area contributed by atoms with Gasteiger partial charge >= 0.3 is 6.09 Å². The number of aromatic nitrogens is 1. The zero-order chi connectivity index (χ0) is 19.0. The zero-order valence-corrected chi connectivity index (χ0v) is 15.7. The largest absolute Gasteiger partial charge is 0.441 e. The van der Waals surface area contributed by atoms with Gasteiger partial charge in [-0.25, -0.2) is 4.79 Å². The van der Waals surface area contributed by atoms with Gasteiger partial charge in [0.05, 0.1) is 11.6 Å². The summed E-state index contributed by atoms with van der Waals surface area (Å²) in [4.78, 5) is 26.5. The Morgan fingerprint density at radius 3 is 2.85 bits per heavy atom. The highest BCUT2D eigenvalue weighted by atomic mass is 35.5. The van der Waals surface area contributed by atoms with E-state index in [2.05, 4.69) is 10.5 Å². The van der Waals surface area contributed by atoms with Gasteiger partial charge in [0.2, 0.25) is 0 Å². The van der Waals surface area contributed by atoms with Crippen molar-refractivity contribution in [2.75, 3.05) is 19.6 Å². The van der Waals surface area contributed by atoms with E-state index in [1.165, 1.54) is 0 Å². The molecule has 2 fully saturated rings. The Morgan fingerprint density at radius 2 is 2.11 bits per heavy atom. The molecule has 2 aromatic rings. The SMILES string of the molecule is Cc1onc(-c2ccccc2Cl)c1C(=O)N1CCC[C@]2(CC1)CNC(=O)O2. The molecule has 2 saturated heterocycles. The molecule has 0 radical (unpaired) electrons. The van der Waals surface area contributed by atoms with Crippen LogP contribution in [0.25, 0.3) is 11.3 Å². The van der Waals surface area contributed by atoms with Gasteiger partial charge in [-0.05, 0) is 25.8 Å². The molecule has 1 N–H and O–H groups in total. The molecule has 4 rings (SSSR count). The topological polar surface area (TPSA) is 84.7 Å². The van der Waals surface area contributed by atoms with Crippen LogP contribution in [0.4, 0.5) is 4.79 Å². The number of hydrogen-bond donors (Lipinski definition) is 1. The van der Waals surface area contributed by atoms with Crippen LogP contribution >= 0.6 is 11.6 Å². The fourth-order valence-electron chi connectivity index (χ4n) is 3.77. The zero-order valence-electron chi connectivity index (χ0n) is 15.0. The molecular weight excluding hydrogens is 370 g/mol. The molecule has 2 aliphatic rings. The van der Waals surface area contributed by atoms with Crippen molar-refractivity contribution in [1.29, 1.82) is 0 Å². The summed E-state index contributed by atoms with van der Waals surface area (Å²) in [7, 11) is 0. The van der Waals surface area contributed by atoms with Crippen molar-refractivity contribution >= 4 is 23.6 Å². The first kappa shape index (κ1) is 17.9. The minimum absolute atomic E-state index is 0.141. The molecule has 27 heavy (non-hydrogen) atoms. The van der Waals surface area contributed by atoms with Gasteiger partial charge in [0, 0.05) is 25.1 Å². The molecule has 8 heteroatoms. The molecule has 1 aromatic carbocycles. The summed E-state index contributed by atoms with van der Waals surface area (Å²) in [6, 6.07) is 7.24. The first-order chi connectivity index (χ1) is 13.0. The third-order valence-electron chi connectivity index (χ3n) is 5.25. The summed E-state index contributed by atoms with van der Waals surface area (Å²) in [6.07, 6.45) is 1.70. The van der Waals surface area contributed by atoms with Crippen LogP contribution in [0.1, 0.15) is 35.4 Å². The molecule has 7 nitrogen and oxygen atoms in total. The molecule has 2 aliphatic heterocycles. The number of nitrogens with one attached hydrogen (secondary N) is 1. The van der Waals surface area contributed by atoms with Crippen LogP contribution < -0.4 is 5.32 Å². The lowest BCUT2D eigenvalue weighted by molar-refractivity contribution is 0.0438. The van der Waals surface area contributed by atoms with E-state index in [1.807, 2.05) is 18.2 Å². The molecule has 2 amide bonds. The number of likely N-dealkylation sites (tertiary alicyclic amines) is 1. The molecule has 1 aromatic heterocycles. The van der Waals surface area contributed by atoms with E-state index in [0.717, 1.165) is 12.8 Å². The average Bonchev–Trinajstić information content (AvgIpc) is 3.13. The van der Waals surface area contributed by atoms with Crippen LogP contribution in [-0.4, -0.2) is 47.3 Å². The number of ether oxygens (including phenoxy) is 1. The monoisotopic (exact) mass is 389 g/mol. The molecule has 3 heterocycles. The lowest BCUT2D eigenvalue weighted by atomic mass is 9.95. The Hall–Kier alpha value is -2.54. The Morgan fingerprint density at radius 1 is 1.30 bits per heavy atom. The number of alkyl carbamates (subject to hydrolysis) is 1. The number of carbonyl (C=O) groups excluding carboxylic acids is 2. The number of rotatable bonds is 2. The van der Waals surface area contributed by atoms with Gasteiger partial charge in [0.25, 0.3) is 5.91 Å². The first-order valence-corrected chi connectivity index (χ1v) is 9.34. The molecule has 0 saturated carbocycles. The fourth-order valence-corrected chi connectivity index (χ4v) is 4.00. The van der Waals surface area contributed by atoms with E-state index >= 15 is 0 Å². The second kappa shape index (κ2) is 6.88. The van der Waals surface area contributed by atoms with Gasteiger partial charge in [-0.3, -0.25) is 4.79 Å². The van der Waals surface area contributed by atoms with E-state index in [9.17, 15) is 9.59 Å². The predicted molar refractivity (Wildman–Crippen MR) is 98.7 cm³/mol. The van der Waals surface area contributed by atoms with Gasteiger partial charge < -0.3 is 19.5 Å². The fraction of sp³-hybridized carbons (Fsp3) is 0.421. The second-order valence-electron chi connectivity index (χ2n) is 7.01. The minimum atomic E-state index is -0.513. The molecular formula is C19H20ClN3O4. The van der Waals surface area contributed by atoms with Crippen molar-refractivity contribution in [3.05, 3.63) is 40.6 Å². The second-order valence-corrected chi connectivity index (χ2v) is 7.42. The number of amides is 2. The lowest BCUT2D eigenvalue weighted by Crippen LogP contribution is -2.36. The normalized spacial score (nSPS) is 22.4. The number of benzene rings is 1. The Balaban J connectivity index is 1.60. The van der Waals surface area contributed by atoms with E-state index in [-0.39, 0.29) is 12.0 Å². The first-order valence-electron chi connectivity index (χ1n) is 8.96. The molecule has 0 aliphatic carbocycles. The molecule has 0 unspecified atom stereocenters. The highest BCUT2D eigenvalue weighted by molar-refractivity contribution is 6.33. The number of hydrogen-bond acceptors (Lipinski definition) is 5.